The van der Waals surface area contributed by atoms with Crippen LogP contribution in [0.3, 0.4) is 0 Å². The minimum atomic E-state index is -4.57. The van der Waals surface area contributed by atoms with Gasteiger partial charge in [-0.1, -0.05) is 20.8 Å². The van der Waals surface area contributed by atoms with Gasteiger partial charge in [0.2, 0.25) is 5.88 Å². The van der Waals surface area contributed by atoms with Crippen LogP contribution in [-0.4, -0.2) is 10.1 Å². The Morgan fingerprint density at radius 2 is 1.73 bits per heavy atom. The van der Waals surface area contributed by atoms with Crippen molar-refractivity contribution in [3.05, 3.63) is 23.4 Å². The fourth-order valence-corrected chi connectivity index (χ4v) is 1.08. The third-order valence-electron chi connectivity index (χ3n) is 2.04. The molecule has 0 radical (unpaired) electrons. The van der Waals surface area contributed by atoms with E-state index in [9.17, 15) is 13.2 Å². The van der Waals surface area contributed by atoms with Crippen molar-refractivity contribution in [2.75, 3.05) is 0 Å². The lowest BCUT2D eigenvalue weighted by molar-refractivity contribution is -0.139. The van der Waals surface area contributed by atoms with E-state index in [1.807, 2.05) is 0 Å². The number of nitrogens with zero attached hydrogens (tertiary/aromatic N) is 1. The second-order valence-electron chi connectivity index (χ2n) is 4.34. The average molecular weight is 219 g/mol. The van der Waals surface area contributed by atoms with Gasteiger partial charge in [0, 0.05) is 6.20 Å². The molecule has 1 heterocycles. The van der Waals surface area contributed by atoms with Gasteiger partial charge in [-0.2, -0.15) is 13.2 Å². The van der Waals surface area contributed by atoms with Gasteiger partial charge in [-0.15, -0.1) is 0 Å². The SMILES string of the molecule is CC(C)(C)c1cnc(O)c(C(F)(F)F)c1. The number of aromatic hydroxyl groups is 1. The first kappa shape index (κ1) is 11.8. The summed E-state index contributed by atoms with van der Waals surface area (Å²) in [5.41, 5.74) is -1.08. The summed E-state index contributed by atoms with van der Waals surface area (Å²) in [6, 6.07) is 0.933. The molecule has 0 fully saturated rings. The number of pyridine rings is 1. The summed E-state index contributed by atoms with van der Waals surface area (Å²) in [6.07, 6.45) is -3.32. The van der Waals surface area contributed by atoms with Crippen molar-refractivity contribution in [2.24, 2.45) is 0 Å². The number of hydrogen-bond acceptors (Lipinski definition) is 2. The van der Waals surface area contributed by atoms with Crippen LogP contribution in [0.25, 0.3) is 0 Å². The molecule has 0 spiro atoms. The van der Waals surface area contributed by atoms with E-state index in [1.165, 1.54) is 6.20 Å². The predicted molar refractivity (Wildman–Crippen MR) is 49.6 cm³/mol. The van der Waals surface area contributed by atoms with Crippen molar-refractivity contribution < 1.29 is 18.3 Å². The first-order chi connectivity index (χ1) is 6.62. The summed E-state index contributed by atoms with van der Waals surface area (Å²) in [7, 11) is 0. The Kier molecular flexibility index (Phi) is 2.67. The molecule has 1 aromatic heterocycles. The Labute approximate surface area is 85.8 Å². The average Bonchev–Trinajstić information content (AvgIpc) is 2.00. The van der Waals surface area contributed by atoms with E-state index in [4.69, 9.17) is 5.11 Å². The molecule has 5 heteroatoms. The molecule has 0 saturated heterocycles. The molecule has 0 saturated carbocycles. The highest BCUT2D eigenvalue weighted by atomic mass is 19.4. The minimum absolute atomic E-state index is 0.430. The Hall–Kier alpha value is -1.26. The maximum atomic E-state index is 12.4. The molecule has 0 atom stereocenters. The summed E-state index contributed by atoms with van der Waals surface area (Å²) in [6.45, 7) is 5.34. The van der Waals surface area contributed by atoms with Gasteiger partial charge in [0.25, 0.3) is 0 Å². The fourth-order valence-electron chi connectivity index (χ4n) is 1.08. The van der Waals surface area contributed by atoms with Crippen molar-refractivity contribution in [2.45, 2.75) is 32.4 Å². The van der Waals surface area contributed by atoms with Crippen LogP contribution in [0.2, 0.25) is 0 Å². The van der Waals surface area contributed by atoms with Gasteiger partial charge in [0.1, 0.15) is 5.56 Å². The molecule has 1 aromatic rings. The van der Waals surface area contributed by atoms with Crippen LogP contribution in [0.5, 0.6) is 5.88 Å². The van der Waals surface area contributed by atoms with Gasteiger partial charge in [-0.05, 0) is 17.0 Å². The van der Waals surface area contributed by atoms with Gasteiger partial charge in [-0.25, -0.2) is 4.98 Å². The number of halogens is 3. The lowest BCUT2D eigenvalue weighted by Gasteiger charge is -2.20. The Balaban J connectivity index is 3.30. The zero-order valence-corrected chi connectivity index (χ0v) is 8.68. The van der Waals surface area contributed by atoms with Gasteiger partial charge in [0.05, 0.1) is 0 Å². The first-order valence-electron chi connectivity index (χ1n) is 4.39. The molecule has 15 heavy (non-hydrogen) atoms. The summed E-state index contributed by atoms with van der Waals surface area (Å²) in [5, 5.41) is 9.01. The maximum absolute atomic E-state index is 12.4. The molecule has 1 N–H and O–H groups in total. The molecule has 2 nitrogen and oxygen atoms in total. The number of alkyl halides is 3. The molecule has 0 aromatic carbocycles. The highest BCUT2D eigenvalue weighted by Gasteiger charge is 2.35. The van der Waals surface area contributed by atoms with Crippen molar-refractivity contribution >= 4 is 0 Å². The van der Waals surface area contributed by atoms with Crippen LogP contribution >= 0.6 is 0 Å². The predicted octanol–water partition coefficient (Wildman–Crippen LogP) is 3.10. The maximum Gasteiger partial charge on any atom is 0.421 e. The summed E-state index contributed by atoms with van der Waals surface area (Å²) >= 11 is 0. The zero-order valence-electron chi connectivity index (χ0n) is 8.68. The minimum Gasteiger partial charge on any atom is -0.493 e. The van der Waals surface area contributed by atoms with Crippen LogP contribution in [0.15, 0.2) is 12.3 Å². The number of hydrogen-bond donors (Lipinski definition) is 1. The van der Waals surface area contributed by atoms with Gasteiger partial charge >= 0.3 is 6.18 Å². The zero-order chi connectivity index (χ0) is 11.9. The van der Waals surface area contributed by atoms with Crippen LogP contribution in [-0.2, 0) is 11.6 Å². The highest BCUT2D eigenvalue weighted by molar-refractivity contribution is 5.34. The van der Waals surface area contributed by atoms with Crippen molar-refractivity contribution in [3.8, 4) is 5.88 Å². The smallest absolute Gasteiger partial charge is 0.421 e. The van der Waals surface area contributed by atoms with Gasteiger partial charge in [0.15, 0.2) is 0 Å². The second kappa shape index (κ2) is 3.40. The monoisotopic (exact) mass is 219 g/mol. The molecule has 0 aliphatic rings. The van der Waals surface area contributed by atoms with E-state index in [-0.39, 0.29) is 0 Å². The van der Waals surface area contributed by atoms with Crippen LogP contribution in [0.1, 0.15) is 31.9 Å². The van der Waals surface area contributed by atoms with E-state index < -0.39 is 23.0 Å². The molecular weight excluding hydrogens is 207 g/mol. The molecule has 0 amide bonds. The molecule has 0 unspecified atom stereocenters. The normalized spacial score (nSPS) is 12.9. The quantitative estimate of drug-likeness (QED) is 0.727. The topological polar surface area (TPSA) is 33.1 Å². The second-order valence-corrected chi connectivity index (χ2v) is 4.34. The lowest BCUT2D eigenvalue weighted by Crippen LogP contribution is -2.14. The van der Waals surface area contributed by atoms with Crippen molar-refractivity contribution in [1.82, 2.24) is 4.98 Å². The van der Waals surface area contributed by atoms with Crippen LogP contribution in [0, 0.1) is 0 Å². The summed E-state index contributed by atoms with van der Waals surface area (Å²) in [5.74, 6) is -0.976. The summed E-state index contributed by atoms with van der Waals surface area (Å²) < 4.78 is 37.3. The molecule has 0 aliphatic heterocycles. The molecule has 1 rings (SSSR count). The fraction of sp³-hybridized carbons (Fsp3) is 0.500. The number of aromatic nitrogens is 1. The van der Waals surface area contributed by atoms with Gasteiger partial charge in [-0.3, -0.25) is 0 Å². The highest BCUT2D eigenvalue weighted by Crippen LogP contribution is 2.36. The standard InChI is InChI=1S/C10H12F3NO/c1-9(2,3)6-4-7(10(11,12)13)8(15)14-5-6/h4-5H,1-3H3,(H,14,15). The molecule has 84 valence electrons. The third kappa shape index (κ3) is 2.61. The molecular formula is C10H12F3NO. The molecule has 0 bridgehead atoms. The summed E-state index contributed by atoms with van der Waals surface area (Å²) in [4.78, 5) is 3.35. The van der Waals surface area contributed by atoms with E-state index in [0.717, 1.165) is 6.07 Å². The number of rotatable bonds is 0. The molecule has 0 aliphatic carbocycles. The first-order valence-corrected chi connectivity index (χ1v) is 4.39. The Morgan fingerprint density at radius 3 is 2.13 bits per heavy atom. The van der Waals surface area contributed by atoms with E-state index in [1.54, 1.807) is 20.8 Å². The lowest BCUT2D eigenvalue weighted by atomic mass is 9.87. The Bertz CT molecular complexity index is 366. The third-order valence-corrected chi connectivity index (χ3v) is 2.04. The van der Waals surface area contributed by atoms with E-state index in [2.05, 4.69) is 4.98 Å². The van der Waals surface area contributed by atoms with Crippen molar-refractivity contribution in [1.29, 1.82) is 0 Å². The van der Waals surface area contributed by atoms with Crippen LogP contribution < -0.4 is 0 Å². The van der Waals surface area contributed by atoms with Gasteiger partial charge < -0.3 is 5.11 Å². The van der Waals surface area contributed by atoms with Crippen molar-refractivity contribution in [3.63, 3.8) is 0 Å². The van der Waals surface area contributed by atoms with E-state index >= 15 is 0 Å². The van der Waals surface area contributed by atoms with E-state index in [0.29, 0.717) is 5.56 Å². The largest absolute Gasteiger partial charge is 0.493 e. The Morgan fingerprint density at radius 1 is 1.20 bits per heavy atom. The van der Waals surface area contributed by atoms with Crippen LogP contribution in [0.4, 0.5) is 13.2 Å².